The molecule has 0 aromatic heterocycles. The Morgan fingerprint density at radius 2 is 1.92 bits per heavy atom. The highest BCUT2D eigenvalue weighted by atomic mass is 19.3. The van der Waals surface area contributed by atoms with Gasteiger partial charge in [-0.15, -0.1) is 0 Å². The minimum Gasteiger partial charge on any atom is -0.336 e. The van der Waals surface area contributed by atoms with Gasteiger partial charge in [0.05, 0.1) is 0 Å². The number of rotatable bonds is 3. The number of hydrogen-bond donors (Lipinski definition) is 2. The Balaban J connectivity index is 3.93. The van der Waals surface area contributed by atoms with Crippen LogP contribution in [-0.4, -0.2) is 12.3 Å². The zero-order valence-electron chi connectivity index (χ0n) is 7.49. The lowest BCUT2D eigenvalue weighted by Crippen LogP contribution is -2.19. The molecule has 2 nitrogen and oxygen atoms in total. The summed E-state index contributed by atoms with van der Waals surface area (Å²) in [5, 5.41) is 9.21. The quantitative estimate of drug-likeness (QED) is 0.502. The highest BCUT2D eigenvalue weighted by Gasteiger charge is 2.13. The molecule has 0 aliphatic heterocycles. The summed E-state index contributed by atoms with van der Waals surface area (Å²) < 4.78 is 23.1. The van der Waals surface area contributed by atoms with Crippen LogP contribution in [0.5, 0.6) is 0 Å². The van der Waals surface area contributed by atoms with Crippen LogP contribution < -0.4 is 5.32 Å². The summed E-state index contributed by atoms with van der Waals surface area (Å²) in [6, 6.07) is 0. The molecule has 0 atom stereocenters. The van der Waals surface area contributed by atoms with Gasteiger partial charge in [0.1, 0.15) is 0 Å². The van der Waals surface area contributed by atoms with Crippen molar-refractivity contribution < 1.29 is 8.78 Å². The first-order valence-electron chi connectivity index (χ1n) is 3.64. The van der Waals surface area contributed by atoms with Gasteiger partial charge < -0.3 is 10.7 Å². The number of allylic oxidation sites excluding steroid dienone is 1. The van der Waals surface area contributed by atoms with Crippen molar-refractivity contribution in [2.45, 2.75) is 27.3 Å². The van der Waals surface area contributed by atoms with E-state index in [1.165, 1.54) is 6.08 Å². The van der Waals surface area contributed by atoms with Gasteiger partial charge in [-0.2, -0.15) is 8.78 Å². The topological polar surface area (TPSA) is 35.9 Å². The average Bonchev–Trinajstić information content (AvgIpc) is 1.84. The number of halogens is 2. The molecule has 4 heteroatoms. The number of nitrogens with one attached hydrogen (secondary N) is 2. The molecule has 0 saturated heterocycles. The molecule has 12 heavy (non-hydrogen) atoms. The molecule has 0 spiro atoms. The summed E-state index contributed by atoms with van der Waals surface area (Å²) in [6.45, 7) is 2.99. The molecule has 0 saturated carbocycles. The Morgan fingerprint density at radius 1 is 1.42 bits per heavy atom. The molecular formula is C8H14F2N2. The van der Waals surface area contributed by atoms with Gasteiger partial charge in [0.25, 0.3) is 0 Å². The van der Waals surface area contributed by atoms with E-state index in [4.69, 9.17) is 5.41 Å². The number of hydrogen-bond acceptors (Lipinski definition) is 2. The van der Waals surface area contributed by atoms with Crippen molar-refractivity contribution in [1.82, 2.24) is 5.32 Å². The molecule has 2 N–H and O–H groups in total. The van der Waals surface area contributed by atoms with Crippen LogP contribution in [-0.2, 0) is 0 Å². The van der Waals surface area contributed by atoms with E-state index in [1.807, 2.05) is 20.8 Å². The van der Waals surface area contributed by atoms with Crippen LogP contribution >= 0.6 is 0 Å². The van der Waals surface area contributed by atoms with Gasteiger partial charge in [0, 0.05) is 17.3 Å². The predicted octanol–water partition coefficient (Wildman–Crippen LogP) is 2.38. The highest BCUT2D eigenvalue weighted by molar-refractivity contribution is 5.96. The van der Waals surface area contributed by atoms with Crippen molar-refractivity contribution >= 4 is 5.71 Å². The molecule has 0 aliphatic carbocycles. The van der Waals surface area contributed by atoms with Crippen molar-refractivity contribution in [1.29, 1.82) is 5.41 Å². The summed E-state index contributed by atoms with van der Waals surface area (Å²) in [4.78, 5) is 0. The fraction of sp³-hybridized carbons (Fsp3) is 0.625. The van der Waals surface area contributed by atoms with E-state index < -0.39 is 6.55 Å². The third-order valence-electron chi connectivity index (χ3n) is 1.28. The maximum atomic E-state index is 11.5. The first-order chi connectivity index (χ1) is 5.34. The summed E-state index contributed by atoms with van der Waals surface area (Å²) in [5.74, 6) is 0. The monoisotopic (exact) mass is 176 g/mol. The largest absolute Gasteiger partial charge is 0.336 e. The van der Waals surface area contributed by atoms with E-state index in [-0.39, 0.29) is 5.41 Å². The summed E-state index contributed by atoms with van der Waals surface area (Å²) in [5.41, 5.74) is 0.0240. The van der Waals surface area contributed by atoms with E-state index in [0.29, 0.717) is 5.71 Å². The molecule has 0 aromatic rings. The molecule has 0 aromatic carbocycles. The molecule has 0 radical (unpaired) electrons. The van der Waals surface area contributed by atoms with Gasteiger partial charge in [0.2, 0.25) is 0 Å². The van der Waals surface area contributed by atoms with Gasteiger partial charge in [-0.25, -0.2) is 0 Å². The highest BCUT2D eigenvalue weighted by Crippen LogP contribution is 2.14. The Bertz CT molecular complexity index is 180. The van der Waals surface area contributed by atoms with Crippen LogP contribution in [0, 0.1) is 10.8 Å². The van der Waals surface area contributed by atoms with Crippen LogP contribution in [0.2, 0.25) is 0 Å². The van der Waals surface area contributed by atoms with Crippen molar-refractivity contribution in [2.24, 2.45) is 5.41 Å². The molecule has 0 bridgehead atoms. The van der Waals surface area contributed by atoms with E-state index in [1.54, 1.807) is 5.32 Å². The lowest BCUT2D eigenvalue weighted by molar-refractivity contribution is 0.125. The maximum absolute atomic E-state index is 11.5. The second kappa shape index (κ2) is 4.18. The van der Waals surface area contributed by atoms with E-state index in [0.717, 1.165) is 6.20 Å². The molecule has 0 rings (SSSR count). The minimum atomic E-state index is -2.56. The molecule has 0 unspecified atom stereocenters. The summed E-state index contributed by atoms with van der Waals surface area (Å²) in [6.07, 6.45) is 2.43. The molecule has 0 amide bonds. The second-order valence-corrected chi connectivity index (χ2v) is 3.46. The van der Waals surface area contributed by atoms with Crippen molar-refractivity contribution in [3.63, 3.8) is 0 Å². The Morgan fingerprint density at radius 3 is 2.25 bits per heavy atom. The van der Waals surface area contributed by atoms with E-state index >= 15 is 0 Å². The van der Waals surface area contributed by atoms with Crippen LogP contribution in [0.3, 0.4) is 0 Å². The van der Waals surface area contributed by atoms with Crippen LogP contribution in [0.1, 0.15) is 20.8 Å². The zero-order chi connectivity index (χ0) is 9.78. The molecule has 0 fully saturated rings. The predicted molar refractivity (Wildman–Crippen MR) is 45.5 cm³/mol. The number of alkyl halides is 2. The Hall–Kier alpha value is -0.930. The summed E-state index contributed by atoms with van der Waals surface area (Å²) >= 11 is 0. The SMILES string of the molecule is CC(C)(C)C(=N)/C=C\NC(F)F. The lowest BCUT2D eigenvalue weighted by atomic mass is 9.90. The first-order valence-corrected chi connectivity index (χ1v) is 3.64. The van der Waals surface area contributed by atoms with Crippen LogP contribution in [0.15, 0.2) is 12.3 Å². The van der Waals surface area contributed by atoms with Crippen molar-refractivity contribution in [3.05, 3.63) is 12.3 Å². The average molecular weight is 176 g/mol. The molecule has 0 heterocycles. The summed E-state index contributed by atoms with van der Waals surface area (Å²) in [7, 11) is 0. The van der Waals surface area contributed by atoms with Gasteiger partial charge >= 0.3 is 6.55 Å². The van der Waals surface area contributed by atoms with Gasteiger partial charge in [-0.05, 0) is 6.08 Å². The Kier molecular flexibility index (Phi) is 3.86. The van der Waals surface area contributed by atoms with Gasteiger partial charge in [-0.1, -0.05) is 20.8 Å². The standard InChI is InChI=1S/C8H14F2N2/c1-8(2,3)6(11)4-5-12-7(9)10/h4-5,7,11-12H,1-3H3/b5-4-,11-6?. The fourth-order valence-electron chi connectivity index (χ4n) is 0.454. The lowest BCUT2D eigenvalue weighted by Gasteiger charge is -2.16. The maximum Gasteiger partial charge on any atom is 0.312 e. The zero-order valence-corrected chi connectivity index (χ0v) is 7.49. The molecule has 70 valence electrons. The van der Waals surface area contributed by atoms with E-state index in [9.17, 15) is 8.78 Å². The van der Waals surface area contributed by atoms with Gasteiger partial charge in [-0.3, -0.25) is 0 Å². The first kappa shape index (κ1) is 11.1. The smallest absolute Gasteiger partial charge is 0.312 e. The van der Waals surface area contributed by atoms with Crippen LogP contribution in [0.25, 0.3) is 0 Å². The fourth-order valence-corrected chi connectivity index (χ4v) is 0.454. The van der Waals surface area contributed by atoms with E-state index in [2.05, 4.69) is 0 Å². The Labute approximate surface area is 71.2 Å². The normalized spacial score (nSPS) is 12.5. The minimum absolute atomic E-state index is 0.291. The molecule has 0 aliphatic rings. The van der Waals surface area contributed by atoms with Gasteiger partial charge in [0.15, 0.2) is 0 Å². The third-order valence-corrected chi connectivity index (χ3v) is 1.28. The van der Waals surface area contributed by atoms with Crippen molar-refractivity contribution in [3.8, 4) is 0 Å². The molecular weight excluding hydrogens is 162 g/mol. The third kappa shape index (κ3) is 4.82. The second-order valence-electron chi connectivity index (χ2n) is 3.46. The van der Waals surface area contributed by atoms with Crippen LogP contribution in [0.4, 0.5) is 8.78 Å². The van der Waals surface area contributed by atoms with Crippen molar-refractivity contribution in [2.75, 3.05) is 0 Å².